The fourth-order valence-corrected chi connectivity index (χ4v) is 6.69. The number of hydrogen-bond donors (Lipinski definition) is 2. The molecular weight excluding hydrogens is 491 g/mol. The molecule has 2 aliphatic rings. The number of aliphatic carboxylic acids is 1. The van der Waals surface area contributed by atoms with Crippen molar-refractivity contribution in [1.29, 1.82) is 0 Å². The lowest BCUT2D eigenvalue weighted by Gasteiger charge is -2.31. The second-order valence-corrected chi connectivity index (χ2v) is 10.2. The highest BCUT2D eigenvalue weighted by Gasteiger charge is 2.57. The van der Waals surface area contributed by atoms with Crippen LogP contribution in [0.5, 0.6) is 0 Å². The number of rotatable bonds is 5. The molecule has 0 fully saturated rings. The van der Waals surface area contributed by atoms with Crippen LogP contribution in [0.2, 0.25) is 10.0 Å². The SMILES string of the molecule is COC1C=CC=C(C(=O)O)C1S(=O)(=O)N1C(=O)C(N)(c2ccccc2Cl)c2cc(Cl)ccc21. The molecule has 4 rings (SSSR count). The van der Waals surface area contributed by atoms with Crippen molar-refractivity contribution in [2.45, 2.75) is 16.9 Å². The molecule has 1 heterocycles. The number of ether oxygens (including phenoxy) is 1. The molecule has 11 heteroatoms. The van der Waals surface area contributed by atoms with Gasteiger partial charge in [0.1, 0.15) is 5.25 Å². The summed E-state index contributed by atoms with van der Waals surface area (Å²) in [6, 6.07) is 10.5. The Morgan fingerprint density at radius 2 is 1.88 bits per heavy atom. The van der Waals surface area contributed by atoms with E-state index in [9.17, 15) is 23.1 Å². The van der Waals surface area contributed by atoms with Crippen LogP contribution >= 0.6 is 23.2 Å². The summed E-state index contributed by atoms with van der Waals surface area (Å²) in [5.74, 6) is -2.47. The van der Waals surface area contributed by atoms with Crippen molar-refractivity contribution in [2.24, 2.45) is 5.73 Å². The molecule has 1 aliphatic carbocycles. The molecule has 8 nitrogen and oxygen atoms in total. The Labute approximate surface area is 199 Å². The number of halogens is 2. The Morgan fingerprint density at radius 1 is 1.18 bits per heavy atom. The van der Waals surface area contributed by atoms with E-state index in [0.717, 1.165) is 6.08 Å². The fraction of sp³-hybridized carbons (Fsp3) is 0.182. The number of anilines is 1. The first-order valence-electron chi connectivity index (χ1n) is 9.62. The van der Waals surface area contributed by atoms with Gasteiger partial charge in [-0.3, -0.25) is 4.79 Å². The first-order chi connectivity index (χ1) is 15.5. The molecule has 0 saturated carbocycles. The third-order valence-electron chi connectivity index (χ3n) is 5.70. The Morgan fingerprint density at radius 3 is 2.52 bits per heavy atom. The van der Waals surface area contributed by atoms with Crippen molar-refractivity contribution in [2.75, 3.05) is 11.4 Å². The van der Waals surface area contributed by atoms with Crippen LogP contribution in [0.1, 0.15) is 11.1 Å². The zero-order valence-electron chi connectivity index (χ0n) is 17.1. The van der Waals surface area contributed by atoms with Crippen LogP contribution in [0, 0.1) is 0 Å². The lowest BCUT2D eigenvalue weighted by Crippen LogP contribution is -2.54. The predicted octanol–water partition coefficient (Wildman–Crippen LogP) is 2.84. The number of carboxylic acids is 1. The van der Waals surface area contributed by atoms with Crippen LogP contribution in [0.15, 0.2) is 66.3 Å². The number of allylic oxidation sites excluding steroid dienone is 2. The van der Waals surface area contributed by atoms with Crippen molar-refractivity contribution < 1.29 is 27.9 Å². The monoisotopic (exact) mass is 508 g/mol. The van der Waals surface area contributed by atoms with Gasteiger partial charge in [-0.15, -0.1) is 0 Å². The van der Waals surface area contributed by atoms with E-state index < -0.39 is 44.4 Å². The predicted molar refractivity (Wildman–Crippen MR) is 124 cm³/mol. The molecule has 0 radical (unpaired) electrons. The van der Waals surface area contributed by atoms with Gasteiger partial charge in [-0.2, -0.15) is 0 Å². The van der Waals surface area contributed by atoms with E-state index in [1.807, 2.05) is 0 Å². The van der Waals surface area contributed by atoms with E-state index in [4.69, 9.17) is 33.7 Å². The van der Waals surface area contributed by atoms with Gasteiger partial charge >= 0.3 is 5.97 Å². The molecule has 0 saturated heterocycles. The van der Waals surface area contributed by atoms with Crippen LogP contribution in [0.25, 0.3) is 0 Å². The maximum atomic E-state index is 13.9. The minimum Gasteiger partial charge on any atom is -0.478 e. The molecule has 33 heavy (non-hydrogen) atoms. The smallest absolute Gasteiger partial charge is 0.333 e. The Hall–Kier alpha value is -2.69. The van der Waals surface area contributed by atoms with Gasteiger partial charge in [0.15, 0.2) is 5.54 Å². The number of nitrogens with zero attached hydrogens (tertiary/aromatic N) is 1. The minimum absolute atomic E-state index is 0.0408. The molecular formula is C22H18Cl2N2O6S. The number of fused-ring (bicyclic) bond motifs is 1. The van der Waals surface area contributed by atoms with E-state index >= 15 is 0 Å². The van der Waals surface area contributed by atoms with Gasteiger partial charge in [-0.25, -0.2) is 17.5 Å². The number of carbonyl (C=O) groups is 2. The van der Waals surface area contributed by atoms with Gasteiger partial charge < -0.3 is 15.6 Å². The maximum Gasteiger partial charge on any atom is 0.333 e. The highest BCUT2D eigenvalue weighted by Crippen LogP contribution is 2.48. The van der Waals surface area contributed by atoms with E-state index in [0.29, 0.717) is 4.31 Å². The number of hydrogen-bond acceptors (Lipinski definition) is 6. The second-order valence-electron chi connectivity index (χ2n) is 7.50. The van der Waals surface area contributed by atoms with E-state index in [-0.39, 0.29) is 26.9 Å². The van der Waals surface area contributed by atoms with Crippen molar-refractivity contribution in [3.05, 3.63) is 87.4 Å². The number of benzene rings is 2. The van der Waals surface area contributed by atoms with Crippen LogP contribution in [0.3, 0.4) is 0 Å². The van der Waals surface area contributed by atoms with Gasteiger partial charge in [0.2, 0.25) is 0 Å². The van der Waals surface area contributed by atoms with Crippen LogP contribution in [0.4, 0.5) is 5.69 Å². The highest BCUT2D eigenvalue weighted by molar-refractivity contribution is 7.94. The molecule has 0 spiro atoms. The summed E-state index contributed by atoms with van der Waals surface area (Å²) in [4.78, 5) is 25.7. The molecule has 1 aliphatic heterocycles. The van der Waals surface area contributed by atoms with Gasteiger partial charge in [0.25, 0.3) is 15.9 Å². The maximum absolute atomic E-state index is 13.9. The summed E-state index contributed by atoms with van der Waals surface area (Å²) in [6.45, 7) is 0. The summed E-state index contributed by atoms with van der Waals surface area (Å²) in [5.41, 5.74) is 4.45. The topological polar surface area (TPSA) is 127 Å². The van der Waals surface area contributed by atoms with Gasteiger partial charge in [-0.05, 0) is 24.3 Å². The summed E-state index contributed by atoms with van der Waals surface area (Å²) >= 11 is 12.5. The highest BCUT2D eigenvalue weighted by atomic mass is 35.5. The van der Waals surface area contributed by atoms with Crippen molar-refractivity contribution in [3.8, 4) is 0 Å². The van der Waals surface area contributed by atoms with Crippen molar-refractivity contribution in [3.63, 3.8) is 0 Å². The molecule has 2 aromatic carbocycles. The normalized spacial score (nSPS) is 24.5. The standard InChI is InChI=1S/C22H18Cl2N2O6S/c1-32-18-8-4-5-13(20(27)28)19(18)33(30,31)26-17-10-9-12(23)11-15(17)22(25,21(26)29)14-6-2-3-7-16(14)24/h2-11,18-19H,25H2,1H3,(H,27,28). The van der Waals surface area contributed by atoms with Crippen LogP contribution in [-0.4, -0.2) is 43.9 Å². The number of sulfonamides is 1. The summed E-state index contributed by atoms with van der Waals surface area (Å²) in [6.07, 6.45) is 2.80. The molecule has 2 aromatic rings. The largest absolute Gasteiger partial charge is 0.478 e. The van der Waals surface area contributed by atoms with Crippen molar-refractivity contribution in [1.82, 2.24) is 0 Å². The lowest BCUT2D eigenvalue weighted by atomic mass is 9.85. The quantitative estimate of drug-likeness (QED) is 0.635. The minimum atomic E-state index is -4.69. The molecule has 0 aromatic heterocycles. The lowest BCUT2D eigenvalue weighted by molar-refractivity contribution is -0.133. The molecule has 3 atom stereocenters. The summed E-state index contributed by atoms with van der Waals surface area (Å²) in [7, 11) is -3.44. The number of nitrogens with two attached hydrogens (primary N) is 1. The first kappa shape index (κ1) is 23.5. The van der Waals surface area contributed by atoms with Crippen molar-refractivity contribution >= 4 is 50.8 Å². The third-order valence-corrected chi connectivity index (χ3v) is 8.30. The average molecular weight is 509 g/mol. The molecule has 3 unspecified atom stereocenters. The van der Waals surface area contributed by atoms with Gasteiger partial charge in [-0.1, -0.05) is 59.6 Å². The number of carboxylic acid groups (broad SMARTS) is 1. The van der Waals surface area contributed by atoms with E-state index in [1.54, 1.807) is 12.1 Å². The fourth-order valence-electron chi connectivity index (χ4n) is 4.16. The number of carbonyl (C=O) groups excluding carboxylic acids is 1. The number of methoxy groups -OCH3 is 1. The molecule has 0 bridgehead atoms. The average Bonchev–Trinajstić information content (AvgIpc) is 3.01. The first-order valence-corrected chi connectivity index (χ1v) is 11.9. The van der Waals surface area contributed by atoms with E-state index in [2.05, 4.69) is 0 Å². The molecule has 1 amide bonds. The summed E-state index contributed by atoms with van der Waals surface area (Å²) < 4.78 is 33.6. The second kappa shape index (κ2) is 8.27. The zero-order chi connectivity index (χ0) is 24.1. The Kier molecular flexibility index (Phi) is 5.88. The Bertz CT molecular complexity index is 1340. The number of amides is 1. The summed E-state index contributed by atoms with van der Waals surface area (Å²) in [5, 5.41) is 8.33. The molecule has 172 valence electrons. The third kappa shape index (κ3) is 3.48. The molecule has 3 N–H and O–H groups in total. The van der Waals surface area contributed by atoms with Crippen LogP contribution in [-0.2, 0) is 29.9 Å². The van der Waals surface area contributed by atoms with Crippen LogP contribution < -0.4 is 10.0 Å². The Balaban J connectivity index is 1.97. The van der Waals surface area contributed by atoms with E-state index in [1.165, 1.54) is 49.6 Å². The van der Waals surface area contributed by atoms with Gasteiger partial charge in [0, 0.05) is 28.3 Å². The van der Waals surface area contributed by atoms with Gasteiger partial charge in [0.05, 0.1) is 17.4 Å². The zero-order valence-corrected chi connectivity index (χ0v) is 19.4.